The van der Waals surface area contributed by atoms with Gasteiger partial charge in [-0.2, -0.15) is 0 Å². The number of hydrogen-bond acceptors (Lipinski definition) is 1. The van der Waals surface area contributed by atoms with E-state index >= 15 is 0 Å². The first kappa shape index (κ1) is 11.8. The molecule has 0 aliphatic heterocycles. The minimum Gasteiger partial charge on any atom is -0.248 e. The van der Waals surface area contributed by atoms with Gasteiger partial charge in [0.25, 0.3) is 6.43 Å². The highest BCUT2D eigenvalue weighted by molar-refractivity contribution is 14.1. The van der Waals surface area contributed by atoms with Gasteiger partial charge in [0.15, 0.2) is 0 Å². The molecule has 6 heteroatoms. The van der Waals surface area contributed by atoms with Gasteiger partial charge in [0.2, 0.25) is 0 Å². The minimum absolute atomic E-state index is 0.162. The lowest BCUT2D eigenvalue weighted by atomic mass is 10.3. The van der Waals surface area contributed by atoms with Crippen molar-refractivity contribution in [3.8, 4) is 0 Å². The average molecular weight is 429 g/mol. The molecule has 0 N–H and O–H groups in total. The van der Waals surface area contributed by atoms with Crippen molar-refractivity contribution in [3.63, 3.8) is 0 Å². The van der Waals surface area contributed by atoms with Crippen LogP contribution in [0.5, 0.6) is 0 Å². The Morgan fingerprint density at radius 1 is 1.38 bits per heavy atom. The van der Waals surface area contributed by atoms with E-state index in [2.05, 4.69) is 4.98 Å². The van der Waals surface area contributed by atoms with Crippen molar-refractivity contribution in [3.05, 3.63) is 24.6 Å². The number of hydrogen-bond donors (Lipinski definition) is 0. The lowest BCUT2D eigenvalue weighted by Crippen LogP contribution is -2.00. The van der Waals surface area contributed by atoms with E-state index in [9.17, 15) is 8.78 Å². The Kier molecular flexibility index (Phi) is 4.56. The fourth-order valence-electron chi connectivity index (χ4n) is 0.767. The molecule has 1 heterocycles. The molecule has 0 aromatic carbocycles. The molecular formula is C7H4ClF2I2N. The summed E-state index contributed by atoms with van der Waals surface area (Å²) in [6.45, 7) is 0. The minimum atomic E-state index is -2.54. The van der Waals surface area contributed by atoms with Crippen LogP contribution in [-0.2, 0) is 5.88 Å². The zero-order valence-electron chi connectivity index (χ0n) is 6.20. The van der Waals surface area contributed by atoms with Gasteiger partial charge < -0.3 is 0 Å². The molecule has 0 bridgehead atoms. The quantitative estimate of drug-likeness (QED) is 0.512. The predicted molar refractivity (Wildman–Crippen MR) is 64.2 cm³/mol. The zero-order chi connectivity index (χ0) is 10.0. The van der Waals surface area contributed by atoms with Gasteiger partial charge in [-0.1, -0.05) is 0 Å². The normalized spacial score (nSPS) is 10.9. The summed E-state index contributed by atoms with van der Waals surface area (Å²) in [5, 5.41) is 0. The van der Waals surface area contributed by atoms with Crippen molar-refractivity contribution in [2.45, 2.75) is 12.3 Å². The Balaban J connectivity index is 3.22. The molecule has 0 saturated heterocycles. The summed E-state index contributed by atoms with van der Waals surface area (Å²) >= 11 is 9.42. The molecule has 0 saturated carbocycles. The van der Waals surface area contributed by atoms with Crippen LogP contribution in [0.2, 0.25) is 0 Å². The highest BCUT2D eigenvalue weighted by Crippen LogP contribution is 2.25. The molecule has 72 valence electrons. The third-order valence-corrected chi connectivity index (χ3v) is 3.41. The lowest BCUT2D eigenvalue weighted by Gasteiger charge is -2.06. The van der Waals surface area contributed by atoms with Gasteiger partial charge in [0, 0.05) is 7.14 Å². The molecule has 1 aromatic heterocycles. The van der Waals surface area contributed by atoms with E-state index < -0.39 is 6.43 Å². The van der Waals surface area contributed by atoms with Crippen LogP contribution in [-0.4, -0.2) is 4.98 Å². The molecule has 0 unspecified atom stereocenters. The van der Waals surface area contributed by atoms with Crippen LogP contribution in [0.3, 0.4) is 0 Å². The monoisotopic (exact) mass is 429 g/mol. The first-order valence-corrected chi connectivity index (χ1v) is 5.94. The Morgan fingerprint density at radius 3 is 2.46 bits per heavy atom. The number of rotatable bonds is 2. The van der Waals surface area contributed by atoms with Crippen molar-refractivity contribution in [2.24, 2.45) is 0 Å². The van der Waals surface area contributed by atoms with E-state index in [0.29, 0.717) is 9.26 Å². The Morgan fingerprint density at radius 2 is 2.00 bits per heavy atom. The number of halogens is 5. The molecule has 0 fully saturated rings. The van der Waals surface area contributed by atoms with E-state index in [0.717, 1.165) is 3.57 Å². The SMILES string of the molecule is FC(F)c1nc(CCl)c(I)cc1I. The van der Waals surface area contributed by atoms with Crippen LogP contribution < -0.4 is 0 Å². The predicted octanol–water partition coefficient (Wildman–Crippen LogP) is 3.97. The van der Waals surface area contributed by atoms with E-state index in [4.69, 9.17) is 11.6 Å². The van der Waals surface area contributed by atoms with Crippen LogP contribution in [0.1, 0.15) is 17.8 Å². The maximum absolute atomic E-state index is 12.4. The molecule has 1 nitrogen and oxygen atoms in total. The molecule has 0 radical (unpaired) electrons. The van der Waals surface area contributed by atoms with Crippen LogP contribution in [0.4, 0.5) is 8.78 Å². The topological polar surface area (TPSA) is 12.9 Å². The highest BCUT2D eigenvalue weighted by Gasteiger charge is 2.15. The molecule has 0 aliphatic rings. The number of alkyl halides is 3. The number of pyridine rings is 1. The van der Waals surface area contributed by atoms with Gasteiger partial charge in [0.1, 0.15) is 5.69 Å². The van der Waals surface area contributed by atoms with Crippen molar-refractivity contribution in [2.75, 3.05) is 0 Å². The first-order chi connectivity index (χ1) is 6.06. The van der Waals surface area contributed by atoms with Crippen molar-refractivity contribution in [1.29, 1.82) is 0 Å². The zero-order valence-corrected chi connectivity index (χ0v) is 11.3. The molecule has 0 amide bonds. The molecule has 0 spiro atoms. The van der Waals surface area contributed by atoms with Gasteiger partial charge in [0.05, 0.1) is 11.6 Å². The fraction of sp³-hybridized carbons (Fsp3) is 0.286. The smallest absolute Gasteiger partial charge is 0.248 e. The molecule has 1 rings (SSSR count). The second kappa shape index (κ2) is 5.01. The Bertz CT molecular complexity index is 320. The largest absolute Gasteiger partial charge is 0.281 e. The fourth-order valence-corrected chi connectivity index (χ4v) is 3.08. The summed E-state index contributed by atoms with van der Waals surface area (Å²) in [5.41, 5.74) is 0.328. The molecule has 1 aromatic rings. The van der Waals surface area contributed by atoms with Gasteiger partial charge in [-0.15, -0.1) is 11.6 Å². The second-order valence-corrected chi connectivity index (χ2v) is 4.81. The van der Waals surface area contributed by atoms with Crippen molar-refractivity contribution >= 4 is 56.8 Å². The second-order valence-electron chi connectivity index (χ2n) is 2.22. The van der Waals surface area contributed by atoms with E-state index in [1.807, 2.05) is 45.2 Å². The van der Waals surface area contributed by atoms with Gasteiger partial charge >= 0.3 is 0 Å². The van der Waals surface area contributed by atoms with Gasteiger partial charge in [-0.25, -0.2) is 13.8 Å². The van der Waals surface area contributed by atoms with Gasteiger partial charge in [-0.05, 0) is 51.2 Å². The third-order valence-electron chi connectivity index (χ3n) is 1.36. The van der Waals surface area contributed by atoms with Crippen LogP contribution in [0, 0.1) is 7.14 Å². The number of aromatic nitrogens is 1. The lowest BCUT2D eigenvalue weighted by molar-refractivity contribution is 0.144. The maximum atomic E-state index is 12.4. The summed E-state index contributed by atoms with van der Waals surface area (Å²) in [6.07, 6.45) is -2.54. The van der Waals surface area contributed by atoms with Crippen LogP contribution >= 0.6 is 56.8 Å². The maximum Gasteiger partial charge on any atom is 0.281 e. The van der Waals surface area contributed by atoms with Gasteiger partial charge in [-0.3, -0.25) is 0 Å². The van der Waals surface area contributed by atoms with Crippen LogP contribution in [0.15, 0.2) is 6.07 Å². The Labute approximate surface area is 107 Å². The van der Waals surface area contributed by atoms with E-state index in [1.54, 1.807) is 6.07 Å². The van der Waals surface area contributed by atoms with E-state index in [1.165, 1.54) is 0 Å². The summed E-state index contributed by atoms with van der Waals surface area (Å²) in [4.78, 5) is 3.79. The highest BCUT2D eigenvalue weighted by atomic mass is 127. The van der Waals surface area contributed by atoms with Crippen LogP contribution in [0.25, 0.3) is 0 Å². The van der Waals surface area contributed by atoms with Crippen molar-refractivity contribution < 1.29 is 8.78 Å². The molecule has 13 heavy (non-hydrogen) atoms. The third kappa shape index (κ3) is 2.85. The average Bonchev–Trinajstić information content (AvgIpc) is 2.03. The Hall–Kier alpha value is 0.760. The molecular weight excluding hydrogens is 425 g/mol. The molecule has 0 aliphatic carbocycles. The summed E-state index contributed by atoms with van der Waals surface area (Å²) < 4.78 is 26.0. The van der Waals surface area contributed by atoms with Crippen molar-refractivity contribution in [1.82, 2.24) is 4.98 Å². The standard InChI is InChI=1S/C7H4ClF2I2N/c8-2-5-3(11)1-4(12)6(13-5)7(9)10/h1,7H,2H2. The van der Waals surface area contributed by atoms with E-state index in [-0.39, 0.29) is 11.6 Å². The summed E-state index contributed by atoms with van der Waals surface area (Å²) in [7, 11) is 0. The summed E-state index contributed by atoms with van der Waals surface area (Å²) in [6, 6.07) is 1.66. The summed E-state index contributed by atoms with van der Waals surface area (Å²) in [5.74, 6) is 0.162. The number of nitrogens with zero attached hydrogens (tertiary/aromatic N) is 1. The molecule has 0 atom stereocenters. The first-order valence-electron chi connectivity index (χ1n) is 3.25.